The van der Waals surface area contributed by atoms with Crippen molar-refractivity contribution >= 4 is 37.3 Å². The van der Waals surface area contributed by atoms with Crippen LogP contribution in [0.4, 0.5) is 5.69 Å². The summed E-state index contributed by atoms with van der Waals surface area (Å²) in [6.07, 6.45) is 4.96. The zero-order valence-corrected chi connectivity index (χ0v) is 18.3. The Kier molecular flexibility index (Phi) is 10.2. The molecular formula is C16H21BrNO7P2-3. The molecule has 11 heteroatoms. The van der Waals surface area contributed by atoms with E-state index in [9.17, 15) is 23.8 Å². The summed E-state index contributed by atoms with van der Waals surface area (Å²) in [5.41, 5.74) is 3.00. The minimum atomic E-state index is -5.65. The third-order valence-corrected chi connectivity index (χ3v) is 6.08. The van der Waals surface area contributed by atoms with E-state index in [1.54, 1.807) is 6.92 Å². The molecule has 0 spiro atoms. The van der Waals surface area contributed by atoms with Crippen LogP contribution in [-0.2, 0) is 18.0 Å². The number of nitrogens with one attached hydrogen (secondary N) is 1. The largest absolute Gasteiger partial charge is 0.790 e. The molecule has 0 aliphatic carbocycles. The van der Waals surface area contributed by atoms with E-state index in [0.29, 0.717) is 13.0 Å². The fourth-order valence-corrected chi connectivity index (χ4v) is 3.83. The number of hydrogen-bond acceptors (Lipinski definition) is 8. The maximum Gasteiger partial charge on any atom is 0.272 e. The van der Waals surface area contributed by atoms with Crippen molar-refractivity contribution in [2.45, 2.75) is 26.7 Å². The smallest absolute Gasteiger partial charge is 0.272 e. The number of anilines is 1. The molecule has 8 nitrogen and oxygen atoms in total. The number of rotatable bonds is 11. The Morgan fingerprint density at radius 2 is 1.81 bits per heavy atom. The van der Waals surface area contributed by atoms with E-state index in [2.05, 4.69) is 36.2 Å². The molecule has 0 saturated heterocycles. The highest BCUT2D eigenvalue weighted by Gasteiger charge is 2.10. The second-order valence-corrected chi connectivity index (χ2v) is 9.30. The summed E-state index contributed by atoms with van der Waals surface area (Å²) in [6, 6.07) is 7.81. The van der Waals surface area contributed by atoms with Gasteiger partial charge in [0.1, 0.15) is 0 Å². The van der Waals surface area contributed by atoms with Crippen molar-refractivity contribution in [1.82, 2.24) is 0 Å². The van der Waals surface area contributed by atoms with E-state index in [-0.39, 0.29) is 0 Å². The molecule has 1 unspecified atom stereocenters. The molecule has 1 aromatic rings. The highest BCUT2D eigenvalue weighted by atomic mass is 79.9. The zero-order valence-electron chi connectivity index (χ0n) is 14.9. The lowest BCUT2D eigenvalue weighted by Gasteiger charge is -2.34. The van der Waals surface area contributed by atoms with Crippen LogP contribution in [-0.4, -0.2) is 13.2 Å². The van der Waals surface area contributed by atoms with Crippen LogP contribution in [0.3, 0.4) is 0 Å². The highest BCUT2D eigenvalue weighted by Crippen LogP contribution is 2.50. The van der Waals surface area contributed by atoms with Crippen molar-refractivity contribution in [2.24, 2.45) is 0 Å². The lowest BCUT2D eigenvalue weighted by Crippen LogP contribution is -2.19. The molecule has 152 valence electrons. The second kappa shape index (κ2) is 11.3. The Morgan fingerprint density at radius 3 is 2.44 bits per heavy atom. The van der Waals surface area contributed by atoms with Crippen molar-refractivity contribution in [3.05, 3.63) is 52.0 Å². The van der Waals surface area contributed by atoms with Crippen LogP contribution in [0, 0.1) is 0 Å². The minimum Gasteiger partial charge on any atom is -0.790 e. The van der Waals surface area contributed by atoms with Crippen LogP contribution < -0.4 is 20.0 Å². The maximum absolute atomic E-state index is 11.1. The van der Waals surface area contributed by atoms with Crippen molar-refractivity contribution in [3.8, 4) is 0 Å². The number of para-hydroxylation sites is 1. The Hall–Kier alpha value is -0.760. The molecule has 0 aliphatic rings. The molecular weight excluding hydrogens is 460 g/mol. The van der Waals surface area contributed by atoms with Crippen LogP contribution in [0.5, 0.6) is 0 Å². The quantitative estimate of drug-likeness (QED) is 0.377. The number of allylic oxidation sites excluding steroid dienone is 2. The fraction of sp³-hybridized carbons (Fsp3) is 0.375. The van der Waals surface area contributed by atoms with Gasteiger partial charge in [0, 0.05) is 16.7 Å². The zero-order chi connectivity index (χ0) is 20.5. The molecule has 0 saturated carbocycles. The van der Waals surface area contributed by atoms with Crippen molar-refractivity contribution in [2.75, 3.05) is 18.5 Å². The van der Waals surface area contributed by atoms with Gasteiger partial charge >= 0.3 is 0 Å². The summed E-state index contributed by atoms with van der Waals surface area (Å²) in [5, 5.41) is 3.32. The predicted octanol–water partition coefficient (Wildman–Crippen LogP) is 2.86. The number of halogens is 1. The molecule has 1 atom stereocenters. The molecule has 0 amide bonds. The first kappa shape index (κ1) is 24.3. The van der Waals surface area contributed by atoms with Gasteiger partial charge in [-0.3, -0.25) is 8.88 Å². The second-order valence-electron chi connectivity index (χ2n) is 5.74. The van der Waals surface area contributed by atoms with Crippen molar-refractivity contribution in [3.63, 3.8) is 0 Å². The number of phosphoric ester groups is 1. The van der Waals surface area contributed by atoms with Gasteiger partial charge in [0.05, 0.1) is 14.4 Å². The SMILES string of the molecule is C/C(=C\COP(=O)([O-])OP(=O)([O-])[O-])CC/C=C(\C)CNc1ccccc1Br. The molecule has 1 rings (SSSR count). The van der Waals surface area contributed by atoms with Gasteiger partial charge in [-0.2, -0.15) is 0 Å². The molecule has 0 heterocycles. The average molecular weight is 481 g/mol. The Morgan fingerprint density at radius 1 is 1.15 bits per heavy atom. The van der Waals surface area contributed by atoms with E-state index >= 15 is 0 Å². The van der Waals surface area contributed by atoms with E-state index < -0.39 is 22.3 Å². The Labute approximate surface area is 167 Å². The molecule has 0 fully saturated rings. The Bertz CT molecular complexity index is 776. The lowest BCUT2D eigenvalue weighted by molar-refractivity contribution is -0.339. The number of hydrogen-bond donors (Lipinski definition) is 1. The third kappa shape index (κ3) is 11.6. The molecule has 0 radical (unpaired) electrons. The van der Waals surface area contributed by atoms with Gasteiger partial charge in [-0.15, -0.1) is 0 Å². The van der Waals surface area contributed by atoms with Crippen LogP contribution in [0.15, 0.2) is 52.0 Å². The third-order valence-electron chi connectivity index (χ3n) is 3.33. The summed E-state index contributed by atoms with van der Waals surface area (Å²) in [4.78, 5) is 31.7. The molecule has 0 aliphatic heterocycles. The van der Waals surface area contributed by atoms with E-state index in [1.165, 1.54) is 6.08 Å². The summed E-state index contributed by atoms with van der Waals surface area (Å²) in [6.45, 7) is 4.07. The summed E-state index contributed by atoms with van der Waals surface area (Å²) >= 11 is 3.47. The van der Waals surface area contributed by atoms with Crippen LogP contribution >= 0.6 is 31.6 Å². The molecule has 27 heavy (non-hydrogen) atoms. The average Bonchev–Trinajstić information content (AvgIpc) is 2.51. The molecule has 1 aromatic carbocycles. The first-order valence-corrected chi connectivity index (χ1v) is 11.7. The summed E-state index contributed by atoms with van der Waals surface area (Å²) < 4.78 is 30.0. The normalized spacial score (nSPS) is 15.5. The maximum atomic E-state index is 11.1. The summed E-state index contributed by atoms with van der Waals surface area (Å²) in [7, 11) is -10.8. The minimum absolute atomic E-state index is 0.404. The van der Waals surface area contributed by atoms with E-state index in [4.69, 9.17) is 0 Å². The van der Waals surface area contributed by atoms with E-state index in [0.717, 1.165) is 27.7 Å². The predicted molar refractivity (Wildman–Crippen MR) is 102 cm³/mol. The van der Waals surface area contributed by atoms with Gasteiger partial charge in [-0.1, -0.05) is 35.4 Å². The Balaban J connectivity index is 2.36. The van der Waals surface area contributed by atoms with Gasteiger partial charge in [0.25, 0.3) is 7.82 Å². The van der Waals surface area contributed by atoms with Crippen molar-refractivity contribution in [1.29, 1.82) is 0 Å². The summed E-state index contributed by atoms with van der Waals surface area (Å²) in [5.74, 6) is 0. The first-order valence-electron chi connectivity index (χ1n) is 7.97. The van der Waals surface area contributed by atoms with Crippen LogP contribution in [0.25, 0.3) is 0 Å². The van der Waals surface area contributed by atoms with Gasteiger partial charge < -0.3 is 29.1 Å². The fourth-order valence-electron chi connectivity index (χ4n) is 1.98. The highest BCUT2D eigenvalue weighted by molar-refractivity contribution is 9.10. The van der Waals surface area contributed by atoms with Gasteiger partial charge in [0.2, 0.25) is 0 Å². The molecule has 1 N–H and O–H groups in total. The topological polar surface area (TPSA) is 134 Å². The molecule has 0 bridgehead atoms. The van der Waals surface area contributed by atoms with Crippen LogP contribution in [0.1, 0.15) is 26.7 Å². The molecule has 0 aromatic heterocycles. The van der Waals surface area contributed by atoms with Crippen molar-refractivity contribution < 1.29 is 32.6 Å². The standard InChI is InChI=1S/C16H24BrNO7P2/c1-13(10-11-24-27(22,23)25-26(19,20)21)6-5-7-14(2)12-18-16-9-4-3-8-15(16)17/h3-4,7-10,18H,5-6,11-12H2,1-2H3,(H,22,23)(H2,19,20,21)/p-3/b13-10+,14-7+. The lowest BCUT2D eigenvalue weighted by atomic mass is 10.1. The van der Waals surface area contributed by atoms with Gasteiger partial charge in [-0.05, 0) is 54.8 Å². The van der Waals surface area contributed by atoms with Crippen LogP contribution in [0.2, 0.25) is 0 Å². The van der Waals surface area contributed by atoms with E-state index in [1.807, 2.05) is 31.2 Å². The van der Waals surface area contributed by atoms with Gasteiger partial charge in [-0.25, -0.2) is 0 Å². The van der Waals surface area contributed by atoms with Gasteiger partial charge in [0.15, 0.2) is 0 Å². The number of benzene rings is 1. The monoisotopic (exact) mass is 480 g/mol. The first-order chi connectivity index (χ1) is 12.5. The number of phosphoric acid groups is 2.